The van der Waals surface area contributed by atoms with E-state index in [4.69, 9.17) is 5.11 Å². The van der Waals surface area contributed by atoms with Crippen LogP contribution in [-0.2, 0) is 36.8 Å². The summed E-state index contributed by atoms with van der Waals surface area (Å²) in [5.74, 6) is -4.26. The molecule has 0 spiro atoms. The number of rotatable bonds is 14. The molecule has 2 aromatic carbocycles. The summed E-state index contributed by atoms with van der Waals surface area (Å²) >= 11 is 0. The van der Waals surface area contributed by atoms with Crippen LogP contribution >= 0.6 is 0 Å². The molecule has 0 saturated carbocycles. The molecule has 0 bridgehead atoms. The fourth-order valence-corrected chi connectivity index (χ4v) is 4.37. The van der Waals surface area contributed by atoms with Crippen LogP contribution in [0.2, 0.25) is 0 Å². The lowest BCUT2D eigenvalue weighted by atomic mass is 10.0. The van der Waals surface area contributed by atoms with Gasteiger partial charge in [0.1, 0.15) is 18.1 Å². The third-order valence-corrected chi connectivity index (χ3v) is 6.47. The molecule has 1 heterocycles. The third-order valence-electron chi connectivity index (χ3n) is 6.47. The van der Waals surface area contributed by atoms with E-state index in [1.54, 1.807) is 30.3 Å². The van der Waals surface area contributed by atoms with Crippen LogP contribution in [0.15, 0.2) is 60.7 Å². The van der Waals surface area contributed by atoms with Crippen LogP contribution in [0.3, 0.4) is 0 Å². The van der Waals surface area contributed by atoms with Gasteiger partial charge in [-0.25, -0.2) is 4.79 Å². The zero-order chi connectivity index (χ0) is 28.2. The number of carboxylic acids is 2. The monoisotopic (exact) mass is 538 g/mol. The van der Waals surface area contributed by atoms with Crippen LogP contribution in [0.4, 0.5) is 0 Å². The molecule has 208 valence electrons. The molecule has 0 aliphatic carbocycles. The Hall–Kier alpha value is -4.25. The van der Waals surface area contributed by atoms with E-state index in [2.05, 4.69) is 21.3 Å². The fourth-order valence-electron chi connectivity index (χ4n) is 4.37. The van der Waals surface area contributed by atoms with Crippen molar-refractivity contribution in [3.63, 3.8) is 0 Å². The van der Waals surface area contributed by atoms with E-state index in [0.29, 0.717) is 18.5 Å². The van der Waals surface area contributed by atoms with E-state index in [1.807, 2.05) is 30.3 Å². The SMILES string of the molecule is O=C(O)CCC(NC(=O)C(Cc1ccccc1)NC(=O)C(Cc1ccccc1)NC(=O)C1CCCN1)C(=O)O. The predicted molar refractivity (Wildman–Crippen MR) is 142 cm³/mol. The maximum absolute atomic E-state index is 13.5. The lowest BCUT2D eigenvalue weighted by Gasteiger charge is -2.25. The molecule has 3 amide bonds. The van der Waals surface area contributed by atoms with Gasteiger partial charge in [-0.1, -0.05) is 60.7 Å². The number of hydrogen-bond donors (Lipinski definition) is 6. The first-order valence-corrected chi connectivity index (χ1v) is 12.9. The molecule has 1 aliphatic rings. The van der Waals surface area contributed by atoms with Crippen molar-refractivity contribution >= 4 is 29.7 Å². The largest absolute Gasteiger partial charge is 0.481 e. The summed E-state index contributed by atoms with van der Waals surface area (Å²) in [6.45, 7) is 0.708. The maximum atomic E-state index is 13.5. The quantitative estimate of drug-likeness (QED) is 0.203. The first kappa shape index (κ1) is 29.3. The molecule has 39 heavy (non-hydrogen) atoms. The minimum absolute atomic E-state index is 0.0554. The van der Waals surface area contributed by atoms with Crippen LogP contribution in [0.25, 0.3) is 0 Å². The molecule has 4 atom stereocenters. The molecule has 0 aromatic heterocycles. The summed E-state index contributed by atoms with van der Waals surface area (Å²) in [6, 6.07) is 14.0. The van der Waals surface area contributed by atoms with Gasteiger partial charge in [0.2, 0.25) is 17.7 Å². The molecule has 11 heteroatoms. The molecule has 0 radical (unpaired) electrons. The van der Waals surface area contributed by atoms with Gasteiger partial charge in [-0.3, -0.25) is 19.2 Å². The Labute approximate surface area is 226 Å². The standard InChI is InChI=1S/C28H34N4O7/c33-24(34)14-13-21(28(38)39)30-26(36)22(16-18-8-3-1-4-9-18)32-27(37)23(17-19-10-5-2-6-11-19)31-25(35)20-12-7-15-29-20/h1-6,8-11,20-23,29H,7,12-17H2,(H,30,36)(H,31,35)(H,32,37)(H,33,34)(H,38,39). The van der Waals surface area contributed by atoms with Crippen molar-refractivity contribution in [2.24, 2.45) is 0 Å². The minimum atomic E-state index is -1.45. The molecule has 11 nitrogen and oxygen atoms in total. The smallest absolute Gasteiger partial charge is 0.326 e. The Morgan fingerprint density at radius 3 is 1.74 bits per heavy atom. The number of carbonyl (C=O) groups is 5. The first-order valence-electron chi connectivity index (χ1n) is 12.9. The molecule has 1 aliphatic heterocycles. The summed E-state index contributed by atoms with van der Waals surface area (Å²) in [4.78, 5) is 62.2. The van der Waals surface area contributed by atoms with Gasteiger partial charge in [-0.2, -0.15) is 0 Å². The second-order valence-corrected chi connectivity index (χ2v) is 9.48. The summed E-state index contributed by atoms with van der Waals surface area (Å²) in [6.07, 6.45) is 0.967. The zero-order valence-corrected chi connectivity index (χ0v) is 21.5. The Kier molecular flexibility index (Phi) is 11.0. The lowest BCUT2D eigenvalue weighted by Crippen LogP contribution is -2.58. The maximum Gasteiger partial charge on any atom is 0.326 e. The van der Waals surface area contributed by atoms with E-state index in [9.17, 15) is 29.1 Å². The van der Waals surface area contributed by atoms with Gasteiger partial charge in [0.15, 0.2) is 0 Å². The highest BCUT2D eigenvalue weighted by Gasteiger charge is 2.32. The van der Waals surface area contributed by atoms with Crippen molar-refractivity contribution in [3.05, 3.63) is 71.8 Å². The number of carbonyl (C=O) groups excluding carboxylic acids is 3. The van der Waals surface area contributed by atoms with Gasteiger partial charge in [-0.15, -0.1) is 0 Å². The van der Waals surface area contributed by atoms with Gasteiger partial charge >= 0.3 is 11.9 Å². The number of benzene rings is 2. The topological polar surface area (TPSA) is 174 Å². The summed E-state index contributed by atoms with van der Waals surface area (Å²) in [5.41, 5.74) is 1.52. The third kappa shape index (κ3) is 9.53. The molecule has 6 N–H and O–H groups in total. The molecular formula is C28H34N4O7. The second kappa shape index (κ2) is 14.6. The predicted octanol–water partition coefficient (Wildman–Crippen LogP) is 0.628. The summed E-state index contributed by atoms with van der Waals surface area (Å²) in [7, 11) is 0. The van der Waals surface area contributed by atoms with Gasteiger partial charge in [0.05, 0.1) is 6.04 Å². The molecular weight excluding hydrogens is 504 g/mol. The van der Waals surface area contributed by atoms with Crippen molar-refractivity contribution in [1.29, 1.82) is 0 Å². The Morgan fingerprint density at radius 2 is 1.28 bits per heavy atom. The van der Waals surface area contributed by atoms with E-state index in [0.717, 1.165) is 12.0 Å². The first-order chi connectivity index (χ1) is 18.7. The van der Waals surface area contributed by atoms with Gasteiger partial charge < -0.3 is 31.5 Å². The van der Waals surface area contributed by atoms with Crippen LogP contribution < -0.4 is 21.3 Å². The molecule has 1 fully saturated rings. The molecule has 2 aromatic rings. The number of nitrogens with one attached hydrogen (secondary N) is 4. The van der Waals surface area contributed by atoms with E-state index in [1.165, 1.54) is 0 Å². The lowest BCUT2D eigenvalue weighted by molar-refractivity contribution is -0.143. The zero-order valence-electron chi connectivity index (χ0n) is 21.5. The molecule has 4 unspecified atom stereocenters. The average Bonchev–Trinajstić information content (AvgIpc) is 3.46. The Bertz CT molecular complexity index is 1140. The van der Waals surface area contributed by atoms with Crippen LogP contribution in [0.5, 0.6) is 0 Å². The Morgan fingerprint density at radius 1 is 0.769 bits per heavy atom. The normalized spacial score (nSPS) is 16.9. The second-order valence-electron chi connectivity index (χ2n) is 9.48. The van der Waals surface area contributed by atoms with E-state index < -0.39 is 54.3 Å². The van der Waals surface area contributed by atoms with Crippen molar-refractivity contribution in [3.8, 4) is 0 Å². The molecule has 3 rings (SSSR count). The summed E-state index contributed by atoms with van der Waals surface area (Å²) in [5, 5.41) is 29.4. The van der Waals surface area contributed by atoms with Crippen molar-refractivity contribution < 1.29 is 34.2 Å². The summed E-state index contributed by atoms with van der Waals surface area (Å²) < 4.78 is 0. The van der Waals surface area contributed by atoms with Crippen molar-refractivity contribution in [1.82, 2.24) is 21.3 Å². The van der Waals surface area contributed by atoms with Crippen molar-refractivity contribution in [2.75, 3.05) is 6.54 Å². The Balaban J connectivity index is 1.80. The molecule has 1 saturated heterocycles. The number of amides is 3. The number of carboxylic acid groups (broad SMARTS) is 2. The van der Waals surface area contributed by atoms with Crippen molar-refractivity contribution in [2.45, 2.75) is 62.7 Å². The highest BCUT2D eigenvalue weighted by atomic mass is 16.4. The van der Waals surface area contributed by atoms with Crippen LogP contribution in [0.1, 0.15) is 36.8 Å². The average molecular weight is 539 g/mol. The highest BCUT2D eigenvalue weighted by Crippen LogP contribution is 2.10. The van der Waals surface area contributed by atoms with Crippen LogP contribution in [0, 0.1) is 0 Å². The van der Waals surface area contributed by atoms with Gasteiger partial charge in [0, 0.05) is 19.3 Å². The number of hydrogen-bond acceptors (Lipinski definition) is 6. The minimum Gasteiger partial charge on any atom is -0.481 e. The van der Waals surface area contributed by atoms with E-state index >= 15 is 0 Å². The van der Waals surface area contributed by atoms with Gasteiger partial charge in [0.25, 0.3) is 0 Å². The fraction of sp³-hybridized carbons (Fsp3) is 0.393. The van der Waals surface area contributed by atoms with Crippen LogP contribution in [-0.4, -0.2) is 70.6 Å². The van der Waals surface area contributed by atoms with E-state index in [-0.39, 0.29) is 25.2 Å². The highest BCUT2D eigenvalue weighted by molar-refractivity contribution is 5.94. The van der Waals surface area contributed by atoms with Gasteiger partial charge in [-0.05, 0) is 36.9 Å². The number of aliphatic carboxylic acids is 2.